The molecule has 28 heavy (non-hydrogen) atoms. The lowest BCUT2D eigenvalue weighted by Crippen LogP contribution is -2.28. The highest BCUT2D eigenvalue weighted by Crippen LogP contribution is 2.36. The summed E-state index contributed by atoms with van der Waals surface area (Å²) >= 11 is 0. The van der Waals surface area contributed by atoms with Crippen LogP contribution in [-0.4, -0.2) is 12.6 Å². The maximum atomic E-state index is 12.9. The monoisotopic (exact) mass is 381 g/mol. The van der Waals surface area contributed by atoms with Gasteiger partial charge in [0.05, 0.1) is 11.4 Å². The summed E-state index contributed by atoms with van der Waals surface area (Å²) in [5.41, 5.74) is 1.68. The molecule has 3 rings (SSSR count). The Morgan fingerprint density at radius 3 is 2.61 bits per heavy atom. The predicted molar refractivity (Wildman–Crippen MR) is 103 cm³/mol. The molecule has 0 aliphatic heterocycles. The fourth-order valence-corrected chi connectivity index (χ4v) is 2.88. The number of hydrogen-bond acceptors (Lipinski definition) is 6. The molecule has 0 saturated carbocycles. The number of ether oxygens (including phenoxy) is 2. The van der Waals surface area contributed by atoms with E-state index in [1.54, 1.807) is 0 Å². The molecule has 6 heteroatoms. The zero-order valence-corrected chi connectivity index (χ0v) is 16.2. The zero-order chi connectivity index (χ0) is 20.5. The van der Waals surface area contributed by atoms with Crippen molar-refractivity contribution in [1.29, 1.82) is 0 Å². The van der Waals surface area contributed by atoms with Crippen LogP contribution in [0.25, 0.3) is 11.0 Å². The number of hydrogen-bond donors (Lipinski definition) is 0. The Morgan fingerprint density at radius 2 is 1.93 bits per heavy atom. The lowest BCUT2D eigenvalue weighted by atomic mass is 9.85. The maximum absolute atomic E-state index is 12.9. The second-order valence-corrected chi connectivity index (χ2v) is 7.55. The van der Waals surface area contributed by atoms with Gasteiger partial charge >= 0.3 is 0 Å². The molecule has 0 atom stereocenters. The highest BCUT2D eigenvalue weighted by atomic mass is 16.5. The zero-order valence-electron chi connectivity index (χ0n) is 16.2. The van der Waals surface area contributed by atoms with E-state index >= 15 is 0 Å². The largest absolute Gasteiger partial charge is 0.546 e. The Hall–Kier alpha value is -3.28. The van der Waals surface area contributed by atoms with Gasteiger partial charge in [0, 0.05) is 11.6 Å². The Kier molecular flexibility index (Phi) is 5.14. The van der Waals surface area contributed by atoms with Gasteiger partial charge in [0.15, 0.2) is 0 Å². The van der Waals surface area contributed by atoms with E-state index < -0.39 is 12.6 Å². The van der Waals surface area contributed by atoms with Crippen LogP contribution in [0.15, 0.2) is 51.9 Å². The third-order valence-electron chi connectivity index (χ3n) is 4.30. The van der Waals surface area contributed by atoms with Gasteiger partial charge in [-0.15, -0.1) is 0 Å². The highest BCUT2D eigenvalue weighted by molar-refractivity contribution is 5.79. The van der Waals surface area contributed by atoms with Gasteiger partial charge in [-0.2, -0.15) is 0 Å². The molecule has 0 aliphatic rings. The molecular weight excluding hydrogens is 360 g/mol. The summed E-state index contributed by atoms with van der Waals surface area (Å²) in [7, 11) is 0. The quantitative estimate of drug-likeness (QED) is 0.674. The van der Waals surface area contributed by atoms with Crippen molar-refractivity contribution in [3.63, 3.8) is 0 Å². The van der Waals surface area contributed by atoms with Crippen LogP contribution in [0.2, 0.25) is 0 Å². The Bertz CT molecular complexity index is 1090. The van der Waals surface area contributed by atoms with Gasteiger partial charge in [0.1, 0.15) is 30.0 Å². The van der Waals surface area contributed by atoms with Crippen LogP contribution < -0.4 is 20.0 Å². The molecule has 3 aromatic rings. The summed E-state index contributed by atoms with van der Waals surface area (Å²) in [5.74, 6) is -0.355. The number of aliphatic carboxylic acids is 1. The molecule has 0 aliphatic carbocycles. The first-order chi connectivity index (χ1) is 13.2. The van der Waals surface area contributed by atoms with E-state index in [1.807, 2.05) is 25.1 Å². The van der Waals surface area contributed by atoms with Crippen LogP contribution in [0.5, 0.6) is 17.2 Å². The molecule has 0 bridgehead atoms. The van der Waals surface area contributed by atoms with E-state index in [0.717, 1.165) is 11.1 Å². The number of rotatable bonds is 5. The van der Waals surface area contributed by atoms with Crippen LogP contribution in [0.4, 0.5) is 0 Å². The van der Waals surface area contributed by atoms with Crippen LogP contribution >= 0.6 is 0 Å². The number of aryl methyl sites for hydroxylation is 1. The lowest BCUT2D eigenvalue weighted by Gasteiger charge is -2.23. The summed E-state index contributed by atoms with van der Waals surface area (Å²) in [6.45, 7) is 7.57. The molecule has 2 aromatic carbocycles. The van der Waals surface area contributed by atoms with Gasteiger partial charge in [-0.1, -0.05) is 39.0 Å². The Balaban J connectivity index is 2.00. The second kappa shape index (κ2) is 7.38. The number of carboxylic acids is 1. The molecule has 1 aromatic heterocycles. The van der Waals surface area contributed by atoms with Crippen molar-refractivity contribution in [2.45, 2.75) is 33.1 Å². The van der Waals surface area contributed by atoms with Crippen LogP contribution in [-0.2, 0) is 10.2 Å². The summed E-state index contributed by atoms with van der Waals surface area (Å²) in [4.78, 5) is 23.4. The first-order valence-electron chi connectivity index (χ1n) is 8.83. The van der Waals surface area contributed by atoms with Gasteiger partial charge in [0.2, 0.25) is 11.2 Å². The smallest absolute Gasteiger partial charge is 0.235 e. The van der Waals surface area contributed by atoms with E-state index in [4.69, 9.17) is 13.9 Å². The van der Waals surface area contributed by atoms with E-state index in [2.05, 4.69) is 20.8 Å². The third-order valence-corrected chi connectivity index (χ3v) is 4.30. The van der Waals surface area contributed by atoms with Crippen molar-refractivity contribution in [2.24, 2.45) is 0 Å². The van der Waals surface area contributed by atoms with Crippen molar-refractivity contribution in [1.82, 2.24) is 0 Å². The number of fused-ring (bicyclic) bond motifs is 1. The molecule has 0 unspecified atom stereocenters. The second-order valence-electron chi connectivity index (χ2n) is 7.55. The molecule has 0 saturated heterocycles. The maximum Gasteiger partial charge on any atom is 0.235 e. The minimum absolute atomic E-state index is 0.0794. The normalized spacial score (nSPS) is 11.4. The van der Waals surface area contributed by atoms with Crippen molar-refractivity contribution in [2.75, 3.05) is 6.61 Å². The predicted octanol–water partition coefficient (Wildman–Crippen LogP) is 3.32. The number of para-hydroxylation sites is 1. The lowest BCUT2D eigenvalue weighted by molar-refractivity contribution is -0.307. The molecule has 0 fully saturated rings. The van der Waals surface area contributed by atoms with Crippen molar-refractivity contribution >= 4 is 16.9 Å². The molecule has 0 amide bonds. The van der Waals surface area contributed by atoms with Crippen LogP contribution in [0, 0.1) is 6.92 Å². The minimum Gasteiger partial charge on any atom is -0.546 e. The molecule has 1 heterocycles. The van der Waals surface area contributed by atoms with Crippen LogP contribution in [0.3, 0.4) is 0 Å². The van der Waals surface area contributed by atoms with E-state index in [9.17, 15) is 14.7 Å². The number of carbonyl (C=O) groups is 1. The highest BCUT2D eigenvalue weighted by Gasteiger charge is 2.22. The third kappa shape index (κ3) is 4.01. The van der Waals surface area contributed by atoms with Crippen molar-refractivity contribution in [3.05, 3.63) is 64.0 Å². The number of benzene rings is 2. The van der Waals surface area contributed by atoms with Gasteiger partial charge in [-0.3, -0.25) is 4.79 Å². The van der Waals surface area contributed by atoms with Crippen molar-refractivity contribution < 1.29 is 23.8 Å². The molecular formula is C22H21O6-. The number of carboxylic acid groups (broad SMARTS) is 1. The first-order valence-corrected chi connectivity index (χ1v) is 8.83. The molecule has 0 spiro atoms. The first kappa shape index (κ1) is 19.5. The molecule has 0 radical (unpaired) electrons. The van der Waals surface area contributed by atoms with E-state index in [1.165, 1.54) is 24.5 Å². The van der Waals surface area contributed by atoms with Crippen LogP contribution in [0.1, 0.15) is 31.9 Å². The molecule has 0 N–H and O–H groups in total. The molecule has 146 valence electrons. The van der Waals surface area contributed by atoms with Gasteiger partial charge < -0.3 is 23.8 Å². The van der Waals surface area contributed by atoms with Gasteiger partial charge in [-0.05, 0) is 30.0 Å². The average Bonchev–Trinajstić information content (AvgIpc) is 2.62. The molecule has 6 nitrogen and oxygen atoms in total. The van der Waals surface area contributed by atoms with E-state index in [0.29, 0.717) is 11.1 Å². The fraction of sp³-hybridized carbons (Fsp3) is 0.273. The summed E-state index contributed by atoms with van der Waals surface area (Å²) in [6, 6.07) is 10.3. The Labute approximate surface area is 162 Å². The average molecular weight is 381 g/mol. The number of carbonyl (C=O) groups excluding carboxylic acids is 1. The van der Waals surface area contributed by atoms with Gasteiger partial charge in [0.25, 0.3) is 0 Å². The van der Waals surface area contributed by atoms with Gasteiger partial charge in [-0.25, -0.2) is 0 Å². The fourth-order valence-electron chi connectivity index (χ4n) is 2.88. The Morgan fingerprint density at radius 1 is 1.18 bits per heavy atom. The minimum atomic E-state index is -1.34. The topological polar surface area (TPSA) is 88.8 Å². The summed E-state index contributed by atoms with van der Waals surface area (Å²) in [6.07, 6.45) is 1.26. The summed E-state index contributed by atoms with van der Waals surface area (Å²) < 4.78 is 16.6. The van der Waals surface area contributed by atoms with Crippen molar-refractivity contribution in [3.8, 4) is 17.2 Å². The van der Waals surface area contributed by atoms with E-state index in [-0.39, 0.29) is 27.9 Å². The standard InChI is InChI=1S/C22H22O6/c1-13-6-5-7-16(22(2,3)4)21(13)28-18-11-27-17-10-14(26-12-19(23)24)8-9-15(17)20(18)25/h5-11H,12H2,1-4H3,(H,23,24)/p-1. The summed E-state index contributed by atoms with van der Waals surface area (Å²) in [5, 5.41) is 10.8. The SMILES string of the molecule is Cc1cccc(C(C)(C)C)c1Oc1coc2cc(OCC(=O)[O-])ccc2c1=O.